The van der Waals surface area contributed by atoms with Gasteiger partial charge in [0.1, 0.15) is 11.6 Å². The highest BCUT2D eigenvalue weighted by Crippen LogP contribution is 2.25. The topological polar surface area (TPSA) is 59.4 Å². The molecular formula is C13H9BrFNO3. The molecule has 1 N–H and O–H groups in total. The van der Waals surface area contributed by atoms with E-state index in [1.807, 2.05) is 6.92 Å². The monoisotopic (exact) mass is 325 g/mol. The molecule has 0 atom stereocenters. The molecule has 0 bridgehead atoms. The third-order valence-electron chi connectivity index (χ3n) is 2.42. The van der Waals surface area contributed by atoms with Crippen molar-refractivity contribution in [2.24, 2.45) is 0 Å². The second-order valence-electron chi connectivity index (χ2n) is 3.82. The van der Waals surface area contributed by atoms with Crippen molar-refractivity contribution in [3.63, 3.8) is 0 Å². The molecule has 0 amide bonds. The maximum absolute atomic E-state index is 13.5. The second kappa shape index (κ2) is 5.36. The predicted molar refractivity (Wildman–Crippen MR) is 70.1 cm³/mol. The Morgan fingerprint density at radius 3 is 2.74 bits per heavy atom. The van der Waals surface area contributed by atoms with Crippen LogP contribution in [0.25, 0.3) is 0 Å². The fourth-order valence-corrected chi connectivity index (χ4v) is 1.64. The van der Waals surface area contributed by atoms with Crippen molar-refractivity contribution < 1.29 is 19.0 Å². The van der Waals surface area contributed by atoms with Gasteiger partial charge in [0.05, 0.1) is 5.56 Å². The summed E-state index contributed by atoms with van der Waals surface area (Å²) in [7, 11) is 0. The first-order valence-electron chi connectivity index (χ1n) is 5.30. The number of pyridine rings is 1. The molecule has 6 heteroatoms. The van der Waals surface area contributed by atoms with E-state index >= 15 is 0 Å². The lowest BCUT2D eigenvalue weighted by molar-refractivity contribution is 0.0692. The van der Waals surface area contributed by atoms with Crippen molar-refractivity contribution >= 4 is 21.9 Å². The number of aryl methyl sites for hydroxylation is 1. The molecule has 0 saturated heterocycles. The molecule has 4 nitrogen and oxygen atoms in total. The van der Waals surface area contributed by atoms with Crippen molar-refractivity contribution in [3.05, 3.63) is 51.9 Å². The quantitative estimate of drug-likeness (QED) is 0.932. The van der Waals surface area contributed by atoms with Crippen LogP contribution < -0.4 is 4.74 Å². The van der Waals surface area contributed by atoms with Crippen molar-refractivity contribution in [2.75, 3.05) is 0 Å². The number of rotatable bonds is 3. The number of halogens is 2. The lowest BCUT2D eigenvalue weighted by Gasteiger charge is -2.07. The number of nitrogens with zero attached hydrogens (tertiary/aromatic N) is 1. The number of benzene rings is 1. The van der Waals surface area contributed by atoms with Crippen LogP contribution in [0.15, 0.2) is 34.9 Å². The molecule has 0 unspecified atom stereocenters. The molecule has 0 radical (unpaired) electrons. The molecule has 2 aromatic rings. The van der Waals surface area contributed by atoms with Crippen LogP contribution >= 0.6 is 15.9 Å². The van der Waals surface area contributed by atoms with Gasteiger partial charge in [-0.15, -0.1) is 0 Å². The highest BCUT2D eigenvalue weighted by molar-refractivity contribution is 9.10. The number of aromatic nitrogens is 1. The summed E-state index contributed by atoms with van der Waals surface area (Å²) < 4.78 is 19.7. The van der Waals surface area contributed by atoms with Gasteiger partial charge in [-0.25, -0.2) is 14.2 Å². The van der Waals surface area contributed by atoms with Gasteiger partial charge in [-0.1, -0.05) is 0 Å². The Hall–Kier alpha value is -1.95. The van der Waals surface area contributed by atoms with Gasteiger partial charge in [0.2, 0.25) is 5.88 Å². The van der Waals surface area contributed by atoms with E-state index in [1.165, 1.54) is 6.07 Å². The predicted octanol–water partition coefficient (Wildman–Crippen LogP) is 3.78. The lowest BCUT2D eigenvalue weighted by Crippen LogP contribution is -2.00. The smallest absolute Gasteiger partial charge is 0.338 e. The minimum absolute atomic E-state index is 0.191. The van der Waals surface area contributed by atoms with Crippen molar-refractivity contribution in [3.8, 4) is 11.6 Å². The zero-order chi connectivity index (χ0) is 14.0. The molecule has 0 aliphatic carbocycles. The molecule has 98 valence electrons. The van der Waals surface area contributed by atoms with Gasteiger partial charge in [0.25, 0.3) is 0 Å². The van der Waals surface area contributed by atoms with Gasteiger partial charge in [-0.05, 0) is 40.5 Å². The lowest BCUT2D eigenvalue weighted by atomic mass is 10.2. The van der Waals surface area contributed by atoms with E-state index in [0.29, 0.717) is 5.88 Å². The third-order valence-corrected chi connectivity index (χ3v) is 3.25. The fraction of sp³-hybridized carbons (Fsp3) is 0.0769. The summed E-state index contributed by atoms with van der Waals surface area (Å²) >= 11 is 3.31. The largest absolute Gasteiger partial charge is 0.478 e. The molecule has 0 fully saturated rings. The number of ether oxygens (including phenoxy) is 1. The molecule has 2 rings (SSSR count). The summed E-state index contributed by atoms with van der Waals surface area (Å²) in [6, 6.07) is 5.24. The highest BCUT2D eigenvalue weighted by Gasteiger charge is 2.11. The summed E-state index contributed by atoms with van der Waals surface area (Å²) in [5.74, 6) is -1.67. The third kappa shape index (κ3) is 3.08. The zero-order valence-corrected chi connectivity index (χ0v) is 11.4. The van der Waals surface area contributed by atoms with Gasteiger partial charge in [0, 0.05) is 22.8 Å². The second-order valence-corrected chi connectivity index (χ2v) is 4.67. The Kier molecular flexibility index (Phi) is 3.80. The summed E-state index contributed by atoms with van der Waals surface area (Å²) in [5, 5.41) is 8.71. The molecule has 1 heterocycles. The number of carboxylic acids is 1. The normalized spacial score (nSPS) is 10.3. The van der Waals surface area contributed by atoms with Crippen LogP contribution in [0, 0.1) is 12.7 Å². The van der Waals surface area contributed by atoms with Gasteiger partial charge >= 0.3 is 5.97 Å². The van der Waals surface area contributed by atoms with E-state index in [0.717, 1.165) is 22.2 Å². The van der Waals surface area contributed by atoms with E-state index in [-0.39, 0.29) is 5.75 Å². The molecule has 1 aromatic carbocycles. The van der Waals surface area contributed by atoms with Crippen LogP contribution in [-0.2, 0) is 0 Å². The van der Waals surface area contributed by atoms with Crippen LogP contribution in [0.5, 0.6) is 11.6 Å². The van der Waals surface area contributed by atoms with Crippen molar-refractivity contribution in [1.82, 2.24) is 4.98 Å². The number of carbonyl (C=O) groups is 1. The molecule has 0 saturated carbocycles. The first kappa shape index (κ1) is 13.5. The van der Waals surface area contributed by atoms with E-state index in [9.17, 15) is 9.18 Å². The summed E-state index contributed by atoms with van der Waals surface area (Å²) in [5.41, 5.74) is 0.528. The van der Waals surface area contributed by atoms with E-state index in [1.54, 1.807) is 12.3 Å². The molecule has 0 aliphatic heterocycles. The van der Waals surface area contributed by atoms with Gasteiger partial charge in [-0.2, -0.15) is 0 Å². The summed E-state index contributed by atoms with van der Waals surface area (Å²) in [6.45, 7) is 1.87. The minimum Gasteiger partial charge on any atom is -0.478 e. The molecule has 0 spiro atoms. The van der Waals surface area contributed by atoms with E-state index in [4.69, 9.17) is 9.84 Å². The Bertz CT molecular complexity index is 646. The first-order valence-corrected chi connectivity index (χ1v) is 6.09. The van der Waals surface area contributed by atoms with E-state index < -0.39 is 17.3 Å². The van der Waals surface area contributed by atoms with E-state index in [2.05, 4.69) is 20.9 Å². The summed E-state index contributed by atoms with van der Waals surface area (Å²) in [6.07, 6.45) is 1.58. The van der Waals surface area contributed by atoms with Gasteiger partial charge < -0.3 is 9.84 Å². The SMILES string of the molecule is Cc1cc(Oc2ccc(C(=O)O)c(F)c2)ncc1Br. The van der Waals surface area contributed by atoms with Crippen LogP contribution in [0.4, 0.5) is 4.39 Å². The molecule has 1 aromatic heterocycles. The Morgan fingerprint density at radius 2 is 2.16 bits per heavy atom. The number of hydrogen-bond acceptors (Lipinski definition) is 3. The van der Waals surface area contributed by atoms with Gasteiger partial charge in [-0.3, -0.25) is 0 Å². The molecule has 0 aliphatic rings. The van der Waals surface area contributed by atoms with Gasteiger partial charge in [0.15, 0.2) is 0 Å². The standard InChI is InChI=1S/C13H9BrFNO3/c1-7-4-12(16-6-10(7)14)19-8-2-3-9(13(17)18)11(15)5-8/h2-6H,1H3,(H,17,18). The minimum atomic E-state index is -1.32. The maximum Gasteiger partial charge on any atom is 0.338 e. The van der Waals surface area contributed by atoms with Crippen LogP contribution in [0.1, 0.15) is 15.9 Å². The fourth-order valence-electron chi connectivity index (χ4n) is 1.42. The Morgan fingerprint density at radius 1 is 1.42 bits per heavy atom. The number of aromatic carboxylic acids is 1. The maximum atomic E-state index is 13.5. The Balaban J connectivity index is 2.26. The first-order chi connectivity index (χ1) is 8.97. The number of carboxylic acid groups (broad SMARTS) is 1. The average Bonchev–Trinajstić information content (AvgIpc) is 2.33. The average molecular weight is 326 g/mol. The van der Waals surface area contributed by atoms with Crippen LogP contribution in [-0.4, -0.2) is 16.1 Å². The Labute approximate surface area is 117 Å². The molecule has 19 heavy (non-hydrogen) atoms. The van der Waals surface area contributed by atoms with Crippen molar-refractivity contribution in [1.29, 1.82) is 0 Å². The van der Waals surface area contributed by atoms with Crippen LogP contribution in [0.2, 0.25) is 0 Å². The number of hydrogen-bond donors (Lipinski definition) is 1. The highest BCUT2D eigenvalue weighted by atomic mass is 79.9. The molecular weight excluding hydrogens is 317 g/mol. The summed E-state index contributed by atoms with van der Waals surface area (Å²) in [4.78, 5) is 14.7. The zero-order valence-electron chi connectivity index (χ0n) is 9.85. The van der Waals surface area contributed by atoms with Crippen molar-refractivity contribution in [2.45, 2.75) is 6.92 Å². The van der Waals surface area contributed by atoms with Crippen LogP contribution in [0.3, 0.4) is 0 Å².